The van der Waals surface area contributed by atoms with Crippen molar-refractivity contribution in [1.29, 1.82) is 0 Å². The molecule has 25 heavy (non-hydrogen) atoms. The molecule has 0 amide bonds. The Balaban J connectivity index is 1.51. The number of para-hydroxylation sites is 2. The van der Waals surface area contributed by atoms with Gasteiger partial charge in [-0.25, -0.2) is 0 Å². The third kappa shape index (κ3) is 3.37. The van der Waals surface area contributed by atoms with E-state index in [0.29, 0.717) is 6.61 Å². The SMILES string of the molecule is OCCOc1ccccc1CNC1CC2(CCC2)Oc2ccccc21. The Kier molecular flexibility index (Phi) is 4.64. The summed E-state index contributed by atoms with van der Waals surface area (Å²) in [6.07, 6.45) is 4.57. The number of nitrogens with one attached hydrogen (secondary N) is 1. The molecule has 2 aliphatic rings. The van der Waals surface area contributed by atoms with Gasteiger partial charge < -0.3 is 19.9 Å². The smallest absolute Gasteiger partial charge is 0.124 e. The van der Waals surface area contributed by atoms with Crippen LogP contribution >= 0.6 is 0 Å². The Bertz CT molecular complexity index is 727. The number of aliphatic hydroxyl groups is 1. The molecular formula is C21H25NO3. The summed E-state index contributed by atoms with van der Waals surface area (Å²) in [5.74, 6) is 1.86. The molecule has 2 aromatic rings. The van der Waals surface area contributed by atoms with Gasteiger partial charge in [0.15, 0.2) is 0 Å². The number of benzene rings is 2. The van der Waals surface area contributed by atoms with E-state index in [9.17, 15) is 0 Å². The molecule has 1 aliphatic carbocycles. The molecule has 0 aromatic heterocycles. The average molecular weight is 339 g/mol. The molecule has 1 aliphatic heterocycles. The molecule has 4 nitrogen and oxygen atoms in total. The summed E-state index contributed by atoms with van der Waals surface area (Å²) >= 11 is 0. The van der Waals surface area contributed by atoms with Gasteiger partial charge in [0, 0.05) is 30.1 Å². The summed E-state index contributed by atoms with van der Waals surface area (Å²) in [5.41, 5.74) is 2.38. The van der Waals surface area contributed by atoms with Crippen LogP contribution < -0.4 is 14.8 Å². The van der Waals surface area contributed by atoms with Crippen molar-refractivity contribution in [2.75, 3.05) is 13.2 Å². The van der Waals surface area contributed by atoms with E-state index in [4.69, 9.17) is 14.6 Å². The number of hydrogen-bond acceptors (Lipinski definition) is 4. The molecule has 132 valence electrons. The minimum absolute atomic E-state index is 0.0254. The molecule has 1 heterocycles. The first-order chi connectivity index (χ1) is 12.3. The van der Waals surface area contributed by atoms with E-state index in [1.807, 2.05) is 24.3 Å². The zero-order valence-corrected chi connectivity index (χ0v) is 14.4. The first-order valence-corrected chi connectivity index (χ1v) is 9.13. The predicted octanol–water partition coefficient (Wildman–Crippen LogP) is 3.59. The quantitative estimate of drug-likeness (QED) is 0.844. The number of hydrogen-bond donors (Lipinski definition) is 2. The molecule has 4 heteroatoms. The summed E-state index contributed by atoms with van der Waals surface area (Å²) in [5, 5.41) is 12.7. The van der Waals surface area contributed by atoms with Gasteiger partial charge in [0.1, 0.15) is 23.7 Å². The first kappa shape index (κ1) is 16.4. The lowest BCUT2D eigenvalue weighted by Gasteiger charge is -2.48. The maximum atomic E-state index is 9.00. The molecule has 0 saturated heterocycles. The highest BCUT2D eigenvalue weighted by Crippen LogP contribution is 2.48. The average Bonchev–Trinajstić information content (AvgIpc) is 2.63. The highest BCUT2D eigenvalue weighted by atomic mass is 16.5. The normalized spacial score (nSPS) is 20.4. The Labute approximate surface area is 148 Å². The fourth-order valence-corrected chi connectivity index (χ4v) is 3.86. The molecule has 2 N–H and O–H groups in total. The van der Waals surface area contributed by atoms with Gasteiger partial charge in [-0.2, -0.15) is 0 Å². The molecular weight excluding hydrogens is 314 g/mol. The Morgan fingerprint density at radius 3 is 2.72 bits per heavy atom. The van der Waals surface area contributed by atoms with Crippen LogP contribution in [0.25, 0.3) is 0 Å². The monoisotopic (exact) mass is 339 g/mol. The van der Waals surface area contributed by atoms with Gasteiger partial charge in [0.05, 0.1) is 6.61 Å². The van der Waals surface area contributed by atoms with E-state index in [-0.39, 0.29) is 18.2 Å². The van der Waals surface area contributed by atoms with Crippen LogP contribution in [-0.4, -0.2) is 23.9 Å². The zero-order valence-electron chi connectivity index (χ0n) is 14.4. The van der Waals surface area contributed by atoms with Crippen molar-refractivity contribution in [2.45, 2.75) is 43.9 Å². The number of rotatable bonds is 6. The van der Waals surface area contributed by atoms with Gasteiger partial charge >= 0.3 is 0 Å². The van der Waals surface area contributed by atoms with Gasteiger partial charge in [-0.1, -0.05) is 36.4 Å². The largest absolute Gasteiger partial charge is 0.491 e. The van der Waals surface area contributed by atoms with Gasteiger partial charge in [-0.3, -0.25) is 0 Å². The molecule has 4 rings (SSSR count). The van der Waals surface area contributed by atoms with Crippen molar-refractivity contribution in [3.63, 3.8) is 0 Å². The molecule has 0 bridgehead atoms. The summed E-state index contributed by atoms with van der Waals surface area (Å²) in [4.78, 5) is 0. The van der Waals surface area contributed by atoms with Crippen molar-refractivity contribution in [3.8, 4) is 11.5 Å². The number of fused-ring (bicyclic) bond motifs is 1. The second-order valence-corrected chi connectivity index (χ2v) is 6.99. The van der Waals surface area contributed by atoms with Crippen molar-refractivity contribution >= 4 is 0 Å². The van der Waals surface area contributed by atoms with E-state index < -0.39 is 0 Å². The van der Waals surface area contributed by atoms with Crippen LogP contribution in [0.2, 0.25) is 0 Å². The fourth-order valence-electron chi connectivity index (χ4n) is 3.86. The van der Waals surface area contributed by atoms with Gasteiger partial charge in [-0.05, 0) is 31.4 Å². The predicted molar refractivity (Wildman–Crippen MR) is 96.9 cm³/mol. The van der Waals surface area contributed by atoms with Gasteiger partial charge in [0.2, 0.25) is 0 Å². The van der Waals surface area contributed by atoms with Crippen molar-refractivity contribution in [1.82, 2.24) is 5.32 Å². The third-order valence-corrected chi connectivity index (χ3v) is 5.32. The summed E-state index contributed by atoms with van der Waals surface area (Å²) < 4.78 is 12.0. The summed E-state index contributed by atoms with van der Waals surface area (Å²) in [7, 11) is 0. The fraction of sp³-hybridized carbons (Fsp3) is 0.429. The molecule has 1 atom stereocenters. The van der Waals surface area contributed by atoms with E-state index in [0.717, 1.165) is 42.9 Å². The van der Waals surface area contributed by atoms with Crippen LogP contribution in [-0.2, 0) is 6.54 Å². The number of ether oxygens (including phenoxy) is 2. The summed E-state index contributed by atoms with van der Waals surface area (Å²) in [6, 6.07) is 16.7. The third-order valence-electron chi connectivity index (χ3n) is 5.32. The van der Waals surface area contributed by atoms with Gasteiger partial charge in [-0.15, -0.1) is 0 Å². The lowest BCUT2D eigenvalue weighted by atomic mass is 9.73. The minimum atomic E-state index is 0.0254. The highest BCUT2D eigenvalue weighted by molar-refractivity contribution is 5.40. The maximum absolute atomic E-state index is 9.00. The van der Waals surface area contributed by atoms with E-state index in [1.165, 1.54) is 12.0 Å². The van der Waals surface area contributed by atoms with Crippen molar-refractivity contribution in [2.24, 2.45) is 0 Å². The second-order valence-electron chi connectivity index (χ2n) is 6.99. The lowest BCUT2D eigenvalue weighted by Crippen LogP contribution is -2.49. The topological polar surface area (TPSA) is 50.7 Å². The molecule has 2 aromatic carbocycles. The van der Waals surface area contributed by atoms with Crippen LogP contribution in [0.1, 0.15) is 42.9 Å². The van der Waals surface area contributed by atoms with Crippen LogP contribution in [0.4, 0.5) is 0 Å². The molecule has 1 spiro atoms. The van der Waals surface area contributed by atoms with Crippen LogP contribution in [0.15, 0.2) is 48.5 Å². The van der Waals surface area contributed by atoms with Crippen molar-refractivity contribution < 1.29 is 14.6 Å². The highest BCUT2D eigenvalue weighted by Gasteiger charge is 2.45. The van der Waals surface area contributed by atoms with Crippen molar-refractivity contribution in [3.05, 3.63) is 59.7 Å². The van der Waals surface area contributed by atoms with Crippen LogP contribution in [0.5, 0.6) is 11.5 Å². The standard InChI is InChI=1S/C21H25NO3/c23-12-13-24-19-8-3-1-6-16(19)15-22-18-14-21(10-5-11-21)25-20-9-4-2-7-17(18)20/h1-4,6-9,18,22-23H,5,10-15H2. The molecule has 1 fully saturated rings. The van der Waals surface area contributed by atoms with Crippen LogP contribution in [0.3, 0.4) is 0 Å². The Morgan fingerprint density at radius 1 is 1.12 bits per heavy atom. The van der Waals surface area contributed by atoms with Gasteiger partial charge in [0.25, 0.3) is 0 Å². The van der Waals surface area contributed by atoms with E-state index in [1.54, 1.807) is 0 Å². The Hall–Kier alpha value is -2.04. The van der Waals surface area contributed by atoms with E-state index >= 15 is 0 Å². The minimum Gasteiger partial charge on any atom is -0.491 e. The van der Waals surface area contributed by atoms with Crippen LogP contribution in [0, 0.1) is 0 Å². The maximum Gasteiger partial charge on any atom is 0.124 e. The second kappa shape index (κ2) is 7.06. The first-order valence-electron chi connectivity index (χ1n) is 9.13. The molecule has 1 saturated carbocycles. The van der Waals surface area contributed by atoms with E-state index in [2.05, 4.69) is 29.6 Å². The summed E-state index contributed by atoms with van der Waals surface area (Å²) in [6.45, 7) is 1.08. The zero-order chi connectivity index (χ0) is 17.1. The lowest BCUT2D eigenvalue weighted by molar-refractivity contribution is -0.0371. The Morgan fingerprint density at radius 2 is 1.92 bits per heavy atom. The molecule has 1 unspecified atom stereocenters. The molecule has 0 radical (unpaired) electrons. The number of aliphatic hydroxyl groups excluding tert-OH is 1.